The second kappa shape index (κ2) is 6.41. The van der Waals surface area contributed by atoms with Crippen LogP contribution in [0.4, 0.5) is 0 Å². The summed E-state index contributed by atoms with van der Waals surface area (Å²) in [6.07, 6.45) is 6.45. The zero-order valence-electron chi connectivity index (χ0n) is 9.76. The van der Waals surface area contributed by atoms with Crippen LogP contribution in [0.25, 0.3) is 0 Å². The van der Waals surface area contributed by atoms with Crippen molar-refractivity contribution in [2.24, 2.45) is 17.6 Å². The molecule has 3 atom stereocenters. The fraction of sp³-hybridized carbons (Fsp3) is 1.00. The van der Waals surface area contributed by atoms with Gasteiger partial charge in [0.2, 0.25) is 0 Å². The normalized spacial score (nSPS) is 30.2. The van der Waals surface area contributed by atoms with Crippen LogP contribution < -0.4 is 11.1 Å². The Kier molecular flexibility index (Phi) is 5.49. The molecular weight excluding hydrogens is 172 g/mol. The molecule has 2 heteroatoms. The maximum absolute atomic E-state index is 5.96. The standard InChI is InChI=1S/C12H26N2/c1-3-10(2)8-14-9-11-5-4-6-12(13)7-11/h10-12,14H,3-9,13H2,1-2H3. The van der Waals surface area contributed by atoms with E-state index in [9.17, 15) is 0 Å². The third kappa shape index (κ3) is 4.43. The molecule has 2 nitrogen and oxygen atoms in total. The molecule has 0 spiro atoms. The van der Waals surface area contributed by atoms with Crippen molar-refractivity contribution >= 4 is 0 Å². The Morgan fingerprint density at radius 2 is 2.21 bits per heavy atom. The van der Waals surface area contributed by atoms with E-state index in [0.29, 0.717) is 6.04 Å². The topological polar surface area (TPSA) is 38.0 Å². The highest BCUT2D eigenvalue weighted by molar-refractivity contribution is 4.76. The van der Waals surface area contributed by atoms with Gasteiger partial charge in [0.05, 0.1) is 0 Å². The van der Waals surface area contributed by atoms with Gasteiger partial charge in [0, 0.05) is 6.04 Å². The van der Waals surface area contributed by atoms with Crippen LogP contribution in [-0.2, 0) is 0 Å². The molecule has 0 radical (unpaired) electrons. The molecule has 0 aromatic heterocycles. The highest BCUT2D eigenvalue weighted by Crippen LogP contribution is 2.22. The van der Waals surface area contributed by atoms with Crippen molar-refractivity contribution in [3.8, 4) is 0 Å². The second-order valence-electron chi connectivity index (χ2n) is 4.96. The first-order valence-electron chi connectivity index (χ1n) is 6.18. The van der Waals surface area contributed by atoms with E-state index in [1.165, 1.54) is 45.2 Å². The van der Waals surface area contributed by atoms with Gasteiger partial charge in [-0.15, -0.1) is 0 Å². The van der Waals surface area contributed by atoms with Gasteiger partial charge in [-0.05, 0) is 44.2 Å². The van der Waals surface area contributed by atoms with Crippen molar-refractivity contribution in [2.75, 3.05) is 13.1 Å². The summed E-state index contributed by atoms with van der Waals surface area (Å²) in [6.45, 7) is 6.91. The molecule has 3 unspecified atom stereocenters. The Morgan fingerprint density at radius 1 is 1.43 bits per heavy atom. The number of nitrogens with two attached hydrogens (primary N) is 1. The fourth-order valence-corrected chi connectivity index (χ4v) is 2.20. The average molecular weight is 198 g/mol. The van der Waals surface area contributed by atoms with Gasteiger partial charge in [-0.2, -0.15) is 0 Å². The summed E-state index contributed by atoms with van der Waals surface area (Å²) in [4.78, 5) is 0. The van der Waals surface area contributed by atoms with Crippen molar-refractivity contribution in [2.45, 2.75) is 52.0 Å². The van der Waals surface area contributed by atoms with Crippen molar-refractivity contribution in [1.82, 2.24) is 5.32 Å². The predicted molar refractivity (Wildman–Crippen MR) is 62.3 cm³/mol. The summed E-state index contributed by atoms with van der Waals surface area (Å²) in [5, 5.41) is 3.57. The molecule has 1 rings (SSSR count). The van der Waals surface area contributed by atoms with Crippen LogP contribution in [0.15, 0.2) is 0 Å². The number of hydrogen-bond acceptors (Lipinski definition) is 2. The van der Waals surface area contributed by atoms with Gasteiger partial charge < -0.3 is 11.1 Å². The van der Waals surface area contributed by atoms with E-state index in [1.807, 2.05) is 0 Å². The van der Waals surface area contributed by atoms with Crippen LogP contribution in [-0.4, -0.2) is 19.1 Å². The highest BCUT2D eigenvalue weighted by Gasteiger charge is 2.18. The van der Waals surface area contributed by atoms with Crippen LogP contribution >= 0.6 is 0 Å². The molecule has 0 aromatic rings. The molecule has 1 aliphatic rings. The molecule has 0 amide bonds. The summed E-state index contributed by atoms with van der Waals surface area (Å²) in [7, 11) is 0. The van der Waals surface area contributed by atoms with Crippen molar-refractivity contribution < 1.29 is 0 Å². The van der Waals surface area contributed by atoms with E-state index in [-0.39, 0.29) is 0 Å². The minimum absolute atomic E-state index is 0.471. The van der Waals surface area contributed by atoms with E-state index in [2.05, 4.69) is 19.2 Å². The molecule has 1 aliphatic carbocycles. The van der Waals surface area contributed by atoms with Gasteiger partial charge in [0.1, 0.15) is 0 Å². The lowest BCUT2D eigenvalue weighted by atomic mass is 9.86. The van der Waals surface area contributed by atoms with Crippen LogP contribution in [0.1, 0.15) is 46.0 Å². The van der Waals surface area contributed by atoms with Gasteiger partial charge in [-0.1, -0.05) is 26.7 Å². The molecule has 1 saturated carbocycles. The second-order valence-corrected chi connectivity index (χ2v) is 4.96. The first-order valence-corrected chi connectivity index (χ1v) is 6.18. The van der Waals surface area contributed by atoms with Gasteiger partial charge >= 0.3 is 0 Å². The van der Waals surface area contributed by atoms with Crippen LogP contribution in [0, 0.1) is 11.8 Å². The Balaban J connectivity index is 2.05. The summed E-state index contributed by atoms with van der Waals surface area (Å²) in [5.74, 6) is 1.65. The zero-order chi connectivity index (χ0) is 10.4. The lowest BCUT2D eigenvalue weighted by molar-refractivity contribution is 0.305. The Morgan fingerprint density at radius 3 is 2.86 bits per heavy atom. The molecule has 14 heavy (non-hydrogen) atoms. The Labute approximate surface area is 88.6 Å². The minimum Gasteiger partial charge on any atom is -0.328 e. The van der Waals surface area contributed by atoms with Crippen molar-refractivity contribution in [1.29, 1.82) is 0 Å². The van der Waals surface area contributed by atoms with E-state index in [4.69, 9.17) is 5.73 Å². The fourth-order valence-electron chi connectivity index (χ4n) is 2.20. The first-order chi connectivity index (χ1) is 6.72. The maximum Gasteiger partial charge on any atom is 0.00419 e. The smallest absolute Gasteiger partial charge is 0.00419 e. The van der Waals surface area contributed by atoms with Crippen molar-refractivity contribution in [3.63, 3.8) is 0 Å². The van der Waals surface area contributed by atoms with Gasteiger partial charge in [-0.25, -0.2) is 0 Å². The summed E-state index contributed by atoms with van der Waals surface area (Å²) >= 11 is 0. The number of rotatable bonds is 5. The molecule has 0 saturated heterocycles. The molecule has 0 aromatic carbocycles. The largest absolute Gasteiger partial charge is 0.328 e. The lowest BCUT2D eigenvalue weighted by Crippen LogP contribution is -2.34. The summed E-state index contributed by atoms with van der Waals surface area (Å²) < 4.78 is 0. The van der Waals surface area contributed by atoms with Gasteiger partial charge in [-0.3, -0.25) is 0 Å². The molecule has 1 fully saturated rings. The van der Waals surface area contributed by atoms with Crippen LogP contribution in [0.3, 0.4) is 0 Å². The maximum atomic E-state index is 5.96. The molecule has 0 bridgehead atoms. The highest BCUT2D eigenvalue weighted by atomic mass is 14.9. The summed E-state index contributed by atoms with van der Waals surface area (Å²) in [6, 6.07) is 0.471. The lowest BCUT2D eigenvalue weighted by Gasteiger charge is -2.27. The monoisotopic (exact) mass is 198 g/mol. The molecule has 3 N–H and O–H groups in total. The molecule has 0 heterocycles. The Bertz CT molecular complexity index is 147. The third-order valence-corrected chi connectivity index (χ3v) is 3.45. The van der Waals surface area contributed by atoms with E-state index < -0.39 is 0 Å². The van der Waals surface area contributed by atoms with E-state index in [0.717, 1.165) is 11.8 Å². The zero-order valence-corrected chi connectivity index (χ0v) is 9.76. The van der Waals surface area contributed by atoms with E-state index in [1.54, 1.807) is 0 Å². The average Bonchev–Trinajstić information content (AvgIpc) is 2.17. The van der Waals surface area contributed by atoms with Gasteiger partial charge in [0.25, 0.3) is 0 Å². The first kappa shape index (κ1) is 12.0. The molecule has 0 aliphatic heterocycles. The number of hydrogen-bond donors (Lipinski definition) is 2. The summed E-state index contributed by atoms with van der Waals surface area (Å²) in [5.41, 5.74) is 5.96. The molecular formula is C12H26N2. The quantitative estimate of drug-likeness (QED) is 0.710. The minimum atomic E-state index is 0.471. The Hall–Kier alpha value is -0.0800. The van der Waals surface area contributed by atoms with Crippen molar-refractivity contribution in [3.05, 3.63) is 0 Å². The van der Waals surface area contributed by atoms with Crippen LogP contribution in [0.5, 0.6) is 0 Å². The van der Waals surface area contributed by atoms with Gasteiger partial charge in [0.15, 0.2) is 0 Å². The SMILES string of the molecule is CCC(C)CNCC1CCCC(N)C1. The predicted octanol–water partition coefficient (Wildman–Crippen LogP) is 2.14. The van der Waals surface area contributed by atoms with E-state index >= 15 is 0 Å². The third-order valence-electron chi connectivity index (χ3n) is 3.45. The number of nitrogens with one attached hydrogen (secondary N) is 1. The van der Waals surface area contributed by atoms with Crippen LogP contribution in [0.2, 0.25) is 0 Å². The molecule has 84 valence electrons.